The van der Waals surface area contributed by atoms with Crippen molar-refractivity contribution in [3.8, 4) is 0 Å². The van der Waals surface area contributed by atoms with Gasteiger partial charge in [-0.25, -0.2) is 4.98 Å². The molecule has 0 spiro atoms. The Morgan fingerprint density at radius 3 is 2.70 bits per heavy atom. The van der Waals surface area contributed by atoms with Gasteiger partial charge in [0.25, 0.3) is 0 Å². The van der Waals surface area contributed by atoms with E-state index in [9.17, 15) is 0 Å². The molecular formula is C6H6Br2ClN. The largest absolute Gasteiger partial charge is 0.244 e. The first-order valence-corrected chi connectivity index (χ1v) is 4.00. The van der Waals surface area contributed by atoms with Crippen LogP contribution in [0.15, 0.2) is 18.3 Å². The number of hydrogen-bond acceptors (Lipinski definition) is 1. The number of rotatable bonds is 1. The van der Waals surface area contributed by atoms with Gasteiger partial charge in [0.15, 0.2) is 0 Å². The summed E-state index contributed by atoms with van der Waals surface area (Å²) in [6.45, 7) is 0. The summed E-state index contributed by atoms with van der Waals surface area (Å²) in [5, 5.41) is 1.34. The van der Waals surface area contributed by atoms with Gasteiger partial charge in [-0.15, -0.1) is 17.0 Å². The number of nitrogens with zero attached hydrogens (tertiary/aromatic N) is 1. The van der Waals surface area contributed by atoms with Gasteiger partial charge in [-0.3, -0.25) is 0 Å². The molecule has 1 aromatic rings. The lowest BCUT2D eigenvalue weighted by Gasteiger charge is -1.94. The molecule has 1 rings (SSSR count). The minimum absolute atomic E-state index is 0. The van der Waals surface area contributed by atoms with E-state index >= 15 is 0 Å². The van der Waals surface area contributed by atoms with Crippen LogP contribution in [0.1, 0.15) is 5.56 Å². The fourth-order valence-electron chi connectivity index (χ4n) is 0.519. The Morgan fingerprint density at radius 2 is 2.30 bits per heavy atom. The molecule has 0 fully saturated rings. The van der Waals surface area contributed by atoms with Crippen LogP contribution in [-0.4, -0.2) is 4.98 Å². The zero-order valence-corrected chi connectivity index (χ0v) is 9.11. The second kappa shape index (κ2) is 5.10. The van der Waals surface area contributed by atoms with E-state index in [1.54, 1.807) is 6.20 Å². The second-order valence-corrected chi connectivity index (χ2v) is 2.51. The summed E-state index contributed by atoms with van der Waals surface area (Å²) in [5.74, 6) is 0. The van der Waals surface area contributed by atoms with Gasteiger partial charge in [0.2, 0.25) is 0 Å². The molecule has 0 saturated carbocycles. The van der Waals surface area contributed by atoms with Crippen LogP contribution in [0.4, 0.5) is 0 Å². The minimum Gasteiger partial charge on any atom is -0.244 e. The van der Waals surface area contributed by atoms with Crippen molar-refractivity contribution in [2.45, 2.75) is 5.33 Å². The maximum atomic E-state index is 5.68. The molecule has 0 atom stereocenters. The van der Waals surface area contributed by atoms with Crippen molar-refractivity contribution >= 4 is 44.5 Å². The van der Waals surface area contributed by atoms with Crippen LogP contribution in [-0.2, 0) is 5.33 Å². The average molecular weight is 287 g/mol. The summed E-state index contributed by atoms with van der Waals surface area (Å²) in [4.78, 5) is 3.89. The van der Waals surface area contributed by atoms with Crippen molar-refractivity contribution < 1.29 is 0 Å². The van der Waals surface area contributed by atoms with Crippen LogP contribution in [0.5, 0.6) is 0 Å². The molecule has 1 heterocycles. The van der Waals surface area contributed by atoms with Crippen molar-refractivity contribution in [2.75, 3.05) is 0 Å². The predicted molar refractivity (Wildman–Crippen MR) is 52.2 cm³/mol. The highest BCUT2D eigenvalue weighted by molar-refractivity contribution is 9.08. The Kier molecular flexibility index (Phi) is 5.31. The van der Waals surface area contributed by atoms with Gasteiger partial charge in [0.1, 0.15) is 5.15 Å². The van der Waals surface area contributed by atoms with Crippen molar-refractivity contribution in [3.05, 3.63) is 29.0 Å². The van der Waals surface area contributed by atoms with Crippen LogP contribution in [0.25, 0.3) is 0 Å². The number of pyridine rings is 1. The zero-order chi connectivity index (χ0) is 6.69. The lowest BCUT2D eigenvalue weighted by Crippen LogP contribution is -1.80. The maximum Gasteiger partial charge on any atom is 0.133 e. The minimum atomic E-state index is 0. The first-order chi connectivity index (χ1) is 4.34. The van der Waals surface area contributed by atoms with Crippen LogP contribution in [0.2, 0.25) is 5.15 Å². The molecule has 0 unspecified atom stereocenters. The molecule has 0 bridgehead atoms. The molecular weight excluding hydrogens is 281 g/mol. The average Bonchev–Trinajstić information content (AvgIpc) is 1.89. The Morgan fingerprint density at radius 1 is 1.60 bits per heavy atom. The molecule has 0 aliphatic heterocycles. The standard InChI is InChI=1S/C6H5BrClN.BrH/c7-4-5-2-1-3-9-6(5)8;/h1-3H,4H2;1H. The summed E-state index contributed by atoms with van der Waals surface area (Å²) in [5.41, 5.74) is 1.03. The molecule has 0 amide bonds. The van der Waals surface area contributed by atoms with Gasteiger partial charge < -0.3 is 0 Å². The van der Waals surface area contributed by atoms with Crippen molar-refractivity contribution in [1.29, 1.82) is 0 Å². The molecule has 0 aliphatic carbocycles. The number of alkyl halides is 1. The van der Waals surface area contributed by atoms with E-state index < -0.39 is 0 Å². The SMILES string of the molecule is Br.Clc1ncccc1CBr. The Labute approximate surface area is 83.7 Å². The Balaban J connectivity index is 0.000000810. The van der Waals surface area contributed by atoms with E-state index in [1.165, 1.54) is 0 Å². The summed E-state index contributed by atoms with van der Waals surface area (Å²) in [6, 6.07) is 3.80. The molecule has 56 valence electrons. The highest BCUT2D eigenvalue weighted by Crippen LogP contribution is 2.13. The third-order valence-corrected chi connectivity index (χ3v) is 1.92. The lowest BCUT2D eigenvalue weighted by atomic mass is 10.3. The highest BCUT2D eigenvalue weighted by Gasteiger charge is 1.94. The molecule has 0 saturated heterocycles. The van der Waals surface area contributed by atoms with Crippen LogP contribution >= 0.6 is 44.5 Å². The second-order valence-electron chi connectivity index (χ2n) is 1.59. The van der Waals surface area contributed by atoms with Crippen LogP contribution < -0.4 is 0 Å². The van der Waals surface area contributed by atoms with Crippen LogP contribution in [0, 0.1) is 0 Å². The fraction of sp³-hybridized carbons (Fsp3) is 0.167. The summed E-state index contributed by atoms with van der Waals surface area (Å²) in [6.07, 6.45) is 1.68. The molecule has 10 heavy (non-hydrogen) atoms. The Bertz CT molecular complexity index is 205. The third kappa shape index (κ3) is 2.56. The lowest BCUT2D eigenvalue weighted by molar-refractivity contribution is 1.26. The van der Waals surface area contributed by atoms with E-state index in [0.29, 0.717) is 5.15 Å². The van der Waals surface area contributed by atoms with E-state index in [0.717, 1.165) is 10.9 Å². The molecule has 1 nitrogen and oxygen atoms in total. The van der Waals surface area contributed by atoms with Crippen molar-refractivity contribution in [3.63, 3.8) is 0 Å². The third-order valence-electron chi connectivity index (χ3n) is 0.980. The first kappa shape index (κ1) is 10.4. The van der Waals surface area contributed by atoms with Crippen molar-refractivity contribution in [2.24, 2.45) is 0 Å². The quantitative estimate of drug-likeness (QED) is 0.571. The van der Waals surface area contributed by atoms with E-state index in [2.05, 4.69) is 20.9 Å². The maximum absolute atomic E-state index is 5.68. The zero-order valence-electron chi connectivity index (χ0n) is 5.05. The van der Waals surface area contributed by atoms with E-state index in [1.807, 2.05) is 12.1 Å². The summed E-state index contributed by atoms with van der Waals surface area (Å²) in [7, 11) is 0. The normalized spacial score (nSPS) is 8.60. The molecule has 0 N–H and O–H groups in total. The van der Waals surface area contributed by atoms with Gasteiger partial charge in [-0.2, -0.15) is 0 Å². The summed E-state index contributed by atoms with van der Waals surface area (Å²) < 4.78 is 0. The number of hydrogen-bond donors (Lipinski definition) is 0. The van der Waals surface area contributed by atoms with Gasteiger partial charge in [-0.1, -0.05) is 33.6 Å². The smallest absolute Gasteiger partial charge is 0.133 e. The first-order valence-electron chi connectivity index (χ1n) is 2.50. The van der Waals surface area contributed by atoms with Gasteiger partial charge in [0, 0.05) is 17.1 Å². The van der Waals surface area contributed by atoms with Gasteiger partial charge >= 0.3 is 0 Å². The van der Waals surface area contributed by atoms with E-state index in [4.69, 9.17) is 11.6 Å². The molecule has 4 heteroatoms. The predicted octanol–water partition coefficient (Wildman–Crippen LogP) is 3.21. The number of halogens is 3. The molecule has 0 aromatic carbocycles. The molecule has 0 radical (unpaired) electrons. The van der Waals surface area contributed by atoms with Crippen LogP contribution in [0.3, 0.4) is 0 Å². The highest BCUT2D eigenvalue weighted by atomic mass is 79.9. The fourth-order valence-corrected chi connectivity index (χ4v) is 1.32. The Hall–Kier alpha value is 0.400. The molecule has 0 aliphatic rings. The molecule has 1 aromatic heterocycles. The van der Waals surface area contributed by atoms with Gasteiger partial charge in [-0.05, 0) is 6.07 Å². The van der Waals surface area contributed by atoms with Gasteiger partial charge in [0.05, 0.1) is 0 Å². The van der Waals surface area contributed by atoms with E-state index in [-0.39, 0.29) is 17.0 Å². The summed E-state index contributed by atoms with van der Waals surface area (Å²) >= 11 is 8.97. The number of aromatic nitrogens is 1. The van der Waals surface area contributed by atoms with Crippen molar-refractivity contribution in [1.82, 2.24) is 4.98 Å². The monoisotopic (exact) mass is 285 g/mol. The topological polar surface area (TPSA) is 12.9 Å².